The molecule has 1 heterocycles. The van der Waals surface area contributed by atoms with Crippen LogP contribution in [0.3, 0.4) is 0 Å². The molecule has 0 spiro atoms. The molecule has 2 N–H and O–H groups in total. The summed E-state index contributed by atoms with van der Waals surface area (Å²) in [6.07, 6.45) is -0.405. The molecule has 3 rings (SSSR count). The van der Waals surface area contributed by atoms with Gasteiger partial charge >= 0.3 is 0 Å². The van der Waals surface area contributed by atoms with E-state index in [1.165, 1.54) is 23.9 Å². The second-order valence-corrected chi connectivity index (χ2v) is 8.86. The third-order valence-electron chi connectivity index (χ3n) is 3.75. The lowest BCUT2D eigenvalue weighted by Crippen LogP contribution is -2.20. The standard InChI is InChI=1S/C17H14F2N2O4S2/c18-10-1-3-13(12(19)7-10)20-16(22)5-6-27(24,25)11-2-4-15-14(8-11)21-17(23)9-26-15/h1-4,7-8H,5-6,9H2,(H,20,22)(H,21,23). The largest absolute Gasteiger partial charge is 0.324 e. The first-order valence-electron chi connectivity index (χ1n) is 7.79. The number of carbonyl (C=O) groups excluding carboxylic acids is 2. The summed E-state index contributed by atoms with van der Waals surface area (Å²) in [4.78, 5) is 24.1. The number of anilines is 2. The molecule has 1 aliphatic rings. The fourth-order valence-electron chi connectivity index (χ4n) is 2.40. The molecule has 0 aromatic heterocycles. The molecule has 142 valence electrons. The number of fused-ring (bicyclic) bond motifs is 1. The van der Waals surface area contributed by atoms with Gasteiger partial charge in [0.05, 0.1) is 27.8 Å². The van der Waals surface area contributed by atoms with Crippen LogP contribution in [-0.2, 0) is 19.4 Å². The molecule has 0 unspecified atom stereocenters. The van der Waals surface area contributed by atoms with Crippen LogP contribution in [-0.4, -0.2) is 31.7 Å². The van der Waals surface area contributed by atoms with Gasteiger partial charge in [0, 0.05) is 17.4 Å². The zero-order chi connectivity index (χ0) is 19.6. The van der Waals surface area contributed by atoms with Crippen molar-refractivity contribution in [1.29, 1.82) is 0 Å². The first-order chi connectivity index (χ1) is 12.7. The molecule has 0 aliphatic carbocycles. The van der Waals surface area contributed by atoms with Crippen LogP contribution < -0.4 is 10.6 Å². The van der Waals surface area contributed by atoms with Crippen molar-refractivity contribution in [2.24, 2.45) is 0 Å². The molecule has 0 fully saturated rings. The number of rotatable bonds is 5. The predicted molar refractivity (Wildman–Crippen MR) is 97.5 cm³/mol. The summed E-state index contributed by atoms with van der Waals surface area (Å²) in [7, 11) is -3.79. The Bertz CT molecular complexity index is 1030. The lowest BCUT2D eigenvalue weighted by Gasteiger charge is -2.17. The van der Waals surface area contributed by atoms with E-state index >= 15 is 0 Å². The third kappa shape index (κ3) is 4.64. The number of amides is 2. The third-order valence-corrected chi connectivity index (χ3v) is 6.53. The Morgan fingerprint density at radius 1 is 1.19 bits per heavy atom. The van der Waals surface area contributed by atoms with Crippen LogP contribution in [0, 0.1) is 11.6 Å². The smallest absolute Gasteiger partial charge is 0.234 e. The summed E-state index contributed by atoms with van der Waals surface area (Å²) >= 11 is 1.30. The summed E-state index contributed by atoms with van der Waals surface area (Å²) in [5, 5.41) is 4.82. The molecular weight excluding hydrogens is 398 g/mol. The van der Waals surface area contributed by atoms with Gasteiger partial charge in [-0.15, -0.1) is 11.8 Å². The number of nitrogens with one attached hydrogen (secondary N) is 2. The molecule has 0 saturated carbocycles. The SMILES string of the molecule is O=C(CCS(=O)(=O)c1ccc2c(c1)NC(=O)CS2)Nc1ccc(F)cc1F. The Labute approximate surface area is 158 Å². The van der Waals surface area contributed by atoms with Gasteiger partial charge in [-0.25, -0.2) is 17.2 Å². The van der Waals surface area contributed by atoms with E-state index in [1.54, 1.807) is 6.07 Å². The molecule has 2 aromatic rings. The Kier molecular flexibility index (Phi) is 5.47. The lowest BCUT2D eigenvalue weighted by atomic mass is 10.3. The van der Waals surface area contributed by atoms with Crippen LogP contribution in [0.1, 0.15) is 6.42 Å². The van der Waals surface area contributed by atoms with Crippen LogP contribution >= 0.6 is 11.8 Å². The van der Waals surface area contributed by atoms with E-state index in [4.69, 9.17) is 0 Å². The minimum Gasteiger partial charge on any atom is -0.324 e. The molecule has 0 radical (unpaired) electrons. The van der Waals surface area contributed by atoms with Crippen LogP contribution in [0.2, 0.25) is 0 Å². The molecule has 10 heteroatoms. The van der Waals surface area contributed by atoms with Crippen molar-refractivity contribution >= 4 is 44.8 Å². The Morgan fingerprint density at radius 2 is 1.96 bits per heavy atom. The molecule has 2 aromatic carbocycles. The second-order valence-electron chi connectivity index (χ2n) is 5.74. The van der Waals surface area contributed by atoms with Crippen molar-refractivity contribution in [3.05, 3.63) is 48.0 Å². The molecule has 27 heavy (non-hydrogen) atoms. The van der Waals surface area contributed by atoms with Crippen LogP contribution in [0.15, 0.2) is 46.2 Å². The molecule has 2 amide bonds. The van der Waals surface area contributed by atoms with Gasteiger partial charge < -0.3 is 10.6 Å². The quantitative estimate of drug-likeness (QED) is 0.788. The maximum absolute atomic E-state index is 13.5. The molecule has 0 saturated heterocycles. The minimum atomic E-state index is -3.79. The first-order valence-corrected chi connectivity index (χ1v) is 10.4. The monoisotopic (exact) mass is 412 g/mol. The number of benzene rings is 2. The number of carbonyl (C=O) groups is 2. The normalized spacial score (nSPS) is 13.6. The van der Waals surface area contributed by atoms with E-state index in [0.29, 0.717) is 11.8 Å². The highest BCUT2D eigenvalue weighted by Crippen LogP contribution is 2.33. The van der Waals surface area contributed by atoms with Crippen molar-refractivity contribution in [3.8, 4) is 0 Å². The number of thioether (sulfide) groups is 1. The maximum atomic E-state index is 13.5. The highest BCUT2D eigenvalue weighted by Gasteiger charge is 2.21. The molecule has 0 atom stereocenters. The summed E-state index contributed by atoms with van der Waals surface area (Å²) in [5.74, 6) is -2.91. The minimum absolute atomic E-state index is 0.0233. The van der Waals surface area contributed by atoms with Gasteiger partial charge in [0.1, 0.15) is 11.6 Å². The summed E-state index contributed by atoms with van der Waals surface area (Å²) < 4.78 is 51.3. The van der Waals surface area contributed by atoms with Gasteiger partial charge in [-0.05, 0) is 30.3 Å². The summed E-state index contributed by atoms with van der Waals surface area (Å²) in [5.41, 5.74) is 0.183. The van der Waals surface area contributed by atoms with E-state index in [0.717, 1.165) is 17.0 Å². The van der Waals surface area contributed by atoms with E-state index in [9.17, 15) is 26.8 Å². The summed E-state index contributed by atoms with van der Waals surface area (Å²) in [6, 6.07) is 7.02. The van der Waals surface area contributed by atoms with Crippen molar-refractivity contribution in [3.63, 3.8) is 0 Å². The van der Waals surface area contributed by atoms with Crippen molar-refractivity contribution < 1.29 is 26.8 Å². The fourth-order valence-corrected chi connectivity index (χ4v) is 4.46. The topological polar surface area (TPSA) is 92.3 Å². The van der Waals surface area contributed by atoms with Gasteiger partial charge in [0.2, 0.25) is 11.8 Å². The van der Waals surface area contributed by atoms with E-state index < -0.39 is 39.6 Å². The predicted octanol–water partition coefficient (Wildman–Crippen LogP) is 2.81. The zero-order valence-corrected chi connectivity index (χ0v) is 15.4. The Balaban J connectivity index is 1.67. The van der Waals surface area contributed by atoms with Crippen LogP contribution in [0.5, 0.6) is 0 Å². The molecular formula is C17H14F2N2O4S2. The van der Waals surface area contributed by atoms with Crippen LogP contribution in [0.4, 0.5) is 20.2 Å². The second kappa shape index (κ2) is 7.65. The average Bonchev–Trinajstić information content (AvgIpc) is 2.62. The van der Waals surface area contributed by atoms with Crippen molar-refractivity contribution in [2.45, 2.75) is 16.2 Å². The van der Waals surface area contributed by atoms with Gasteiger partial charge in [-0.3, -0.25) is 9.59 Å². The number of halogens is 2. The highest BCUT2D eigenvalue weighted by molar-refractivity contribution is 8.00. The van der Waals surface area contributed by atoms with Gasteiger partial charge in [0.15, 0.2) is 9.84 Å². The average molecular weight is 412 g/mol. The summed E-state index contributed by atoms with van der Waals surface area (Å²) in [6.45, 7) is 0. The number of sulfone groups is 1. The molecule has 6 nitrogen and oxygen atoms in total. The highest BCUT2D eigenvalue weighted by atomic mass is 32.2. The van der Waals surface area contributed by atoms with E-state index in [-0.39, 0.29) is 22.2 Å². The fraction of sp³-hybridized carbons (Fsp3) is 0.176. The Morgan fingerprint density at radius 3 is 2.70 bits per heavy atom. The first kappa shape index (κ1) is 19.3. The zero-order valence-electron chi connectivity index (χ0n) is 13.8. The number of hydrogen-bond donors (Lipinski definition) is 2. The Hall–Kier alpha value is -2.46. The van der Waals surface area contributed by atoms with E-state index in [2.05, 4.69) is 10.6 Å². The van der Waals surface area contributed by atoms with Crippen LogP contribution in [0.25, 0.3) is 0 Å². The van der Waals surface area contributed by atoms with Gasteiger partial charge in [-0.2, -0.15) is 0 Å². The number of hydrogen-bond acceptors (Lipinski definition) is 5. The van der Waals surface area contributed by atoms with Crippen molar-refractivity contribution in [2.75, 3.05) is 22.1 Å². The molecule has 1 aliphatic heterocycles. The van der Waals surface area contributed by atoms with E-state index in [1.807, 2.05) is 0 Å². The molecule has 0 bridgehead atoms. The van der Waals surface area contributed by atoms with Gasteiger partial charge in [-0.1, -0.05) is 0 Å². The lowest BCUT2D eigenvalue weighted by molar-refractivity contribution is -0.116. The maximum Gasteiger partial charge on any atom is 0.234 e. The van der Waals surface area contributed by atoms with Crippen molar-refractivity contribution in [1.82, 2.24) is 0 Å². The van der Waals surface area contributed by atoms with Gasteiger partial charge in [0.25, 0.3) is 0 Å².